The van der Waals surface area contributed by atoms with Crippen molar-refractivity contribution in [3.8, 4) is 0 Å². The van der Waals surface area contributed by atoms with Gasteiger partial charge in [-0.1, -0.05) is 38.1 Å². The van der Waals surface area contributed by atoms with E-state index in [0.717, 1.165) is 24.8 Å². The molecule has 13 nitrogen and oxygen atoms in total. The SMILES string of the molecule is CC[C@H]1CCC[C@H](O[C@H]2CC[C@H](N(C)C)[C@@H](C)O2)[C@@H](C)C(=O)C2=C[C@H]3[C@@H]4C[C@H](O[C@@H]5O[C@@H](C)[C@H](OC)[C@@H](OC)[C@H]5OC)C[C@H]4C4C=C(c5cccc(N)c5)C(=O)C4[C@H]3[C@@H]2CC(=O)O1. The molecule has 0 bridgehead atoms. The topological polar surface area (TPSA) is 154 Å². The number of methoxy groups -OCH3 is 3. The van der Waals surface area contributed by atoms with Crippen molar-refractivity contribution in [2.24, 2.45) is 47.3 Å². The summed E-state index contributed by atoms with van der Waals surface area (Å²) in [7, 11) is 9.07. The zero-order valence-electron chi connectivity index (χ0n) is 38.8. The summed E-state index contributed by atoms with van der Waals surface area (Å²) in [4.78, 5) is 46.7. The number of Topliss-reactive ketones (excluding diaryl/α,β-unsaturated/α-hetero) is 2. The lowest BCUT2D eigenvalue weighted by Gasteiger charge is -2.45. The molecule has 63 heavy (non-hydrogen) atoms. The first kappa shape index (κ1) is 46.5. The van der Waals surface area contributed by atoms with Gasteiger partial charge in [-0.15, -0.1) is 0 Å². The number of hydrogen-bond acceptors (Lipinski definition) is 13. The fourth-order valence-electron chi connectivity index (χ4n) is 13.1. The molecule has 0 spiro atoms. The highest BCUT2D eigenvalue weighted by Gasteiger charge is 2.62. The number of rotatable bonds is 10. The molecule has 348 valence electrons. The Kier molecular flexibility index (Phi) is 14.4. The van der Waals surface area contributed by atoms with Crippen molar-refractivity contribution in [3.05, 3.63) is 47.6 Å². The summed E-state index contributed by atoms with van der Waals surface area (Å²) in [6, 6.07) is 7.80. The summed E-state index contributed by atoms with van der Waals surface area (Å²) in [6.45, 7) is 8.07. The van der Waals surface area contributed by atoms with Crippen LogP contribution in [0.1, 0.15) is 91.0 Å². The highest BCUT2D eigenvalue weighted by Crippen LogP contribution is 2.64. The van der Waals surface area contributed by atoms with E-state index in [2.05, 4.69) is 38.1 Å². The minimum Gasteiger partial charge on any atom is -0.462 e. The number of likely N-dealkylation sites (N-methyl/N-ethyl adjacent to an activating group) is 1. The monoisotopic (exact) mass is 877 g/mol. The number of nitrogen functional groups attached to an aromatic ring is 1. The zero-order chi connectivity index (χ0) is 44.9. The van der Waals surface area contributed by atoms with Gasteiger partial charge in [0.15, 0.2) is 24.1 Å². The van der Waals surface area contributed by atoms with Gasteiger partial charge in [0.25, 0.3) is 0 Å². The summed E-state index contributed by atoms with van der Waals surface area (Å²) in [5.41, 5.74) is 8.94. The summed E-state index contributed by atoms with van der Waals surface area (Å²) >= 11 is 0. The van der Waals surface area contributed by atoms with Crippen LogP contribution in [-0.4, -0.2) is 125 Å². The third-order valence-corrected chi connectivity index (χ3v) is 16.1. The van der Waals surface area contributed by atoms with Gasteiger partial charge in [0.05, 0.1) is 30.8 Å². The van der Waals surface area contributed by atoms with E-state index >= 15 is 9.59 Å². The van der Waals surface area contributed by atoms with E-state index in [0.29, 0.717) is 55.0 Å². The van der Waals surface area contributed by atoms with Crippen molar-refractivity contribution >= 4 is 28.8 Å². The Bertz CT molecular complexity index is 1880. The first-order valence-electron chi connectivity index (χ1n) is 23.7. The lowest BCUT2D eigenvalue weighted by Crippen LogP contribution is -2.59. The maximum absolute atomic E-state index is 15.3. The van der Waals surface area contributed by atoms with Crippen LogP contribution in [0.4, 0.5) is 5.69 Å². The number of fused-ring (bicyclic) bond motifs is 8. The number of esters is 1. The van der Waals surface area contributed by atoms with Crippen LogP contribution in [0.25, 0.3) is 5.57 Å². The molecule has 1 aromatic carbocycles. The molecule has 3 heterocycles. The lowest BCUT2D eigenvalue weighted by atomic mass is 9.57. The predicted molar refractivity (Wildman–Crippen MR) is 236 cm³/mol. The number of nitrogens with zero attached hydrogens (tertiary/aromatic N) is 1. The number of carbonyl (C=O) groups excluding carboxylic acids is 3. The molecule has 5 fully saturated rings. The van der Waals surface area contributed by atoms with Crippen LogP contribution in [0.2, 0.25) is 0 Å². The van der Waals surface area contributed by atoms with Gasteiger partial charge < -0.3 is 48.5 Å². The van der Waals surface area contributed by atoms with E-state index in [4.69, 9.17) is 43.6 Å². The van der Waals surface area contributed by atoms with Crippen molar-refractivity contribution in [2.45, 2.75) is 153 Å². The number of nitrogens with two attached hydrogens (primary N) is 1. The van der Waals surface area contributed by atoms with Gasteiger partial charge in [0.2, 0.25) is 0 Å². The average Bonchev–Trinajstić information content (AvgIpc) is 3.94. The molecule has 8 rings (SSSR count). The first-order valence-corrected chi connectivity index (χ1v) is 23.7. The van der Waals surface area contributed by atoms with Gasteiger partial charge in [0, 0.05) is 56.4 Å². The maximum Gasteiger partial charge on any atom is 0.306 e. The maximum atomic E-state index is 15.3. The van der Waals surface area contributed by atoms with Gasteiger partial charge in [-0.2, -0.15) is 0 Å². The molecule has 3 saturated heterocycles. The van der Waals surface area contributed by atoms with E-state index in [1.807, 2.05) is 45.0 Å². The molecule has 7 aliphatic rings. The minimum atomic E-state index is -0.704. The van der Waals surface area contributed by atoms with Crippen molar-refractivity contribution in [2.75, 3.05) is 41.2 Å². The smallest absolute Gasteiger partial charge is 0.306 e. The molecule has 2 saturated carbocycles. The molecular weight excluding hydrogens is 805 g/mol. The second kappa shape index (κ2) is 19.5. The Balaban J connectivity index is 1.14. The van der Waals surface area contributed by atoms with E-state index < -0.39 is 48.6 Å². The third kappa shape index (κ3) is 8.99. The summed E-state index contributed by atoms with van der Waals surface area (Å²) in [5, 5.41) is 0. The minimum absolute atomic E-state index is 0.0167. The predicted octanol–water partition coefficient (Wildman–Crippen LogP) is 6.41. The van der Waals surface area contributed by atoms with Crippen molar-refractivity contribution in [1.29, 1.82) is 0 Å². The molecule has 4 aliphatic carbocycles. The Morgan fingerprint density at radius 1 is 0.810 bits per heavy atom. The van der Waals surface area contributed by atoms with Gasteiger partial charge >= 0.3 is 5.97 Å². The number of allylic oxidation sites excluding steroid dienone is 4. The first-order chi connectivity index (χ1) is 30.3. The van der Waals surface area contributed by atoms with Crippen LogP contribution in [0.15, 0.2) is 42.0 Å². The van der Waals surface area contributed by atoms with Gasteiger partial charge in [-0.3, -0.25) is 14.4 Å². The number of carbonyl (C=O) groups is 3. The fourth-order valence-corrected chi connectivity index (χ4v) is 13.1. The van der Waals surface area contributed by atoms with E-state index in [1.54, 1.807) is 21.3 Å². The molecule has 2 unspecified atom stereocenters. The number of hydrogen-bond donors (Lipinski definition) is 1. The van der Waals surface area contributed by atoms with E-state index in [9.17, 15) is 4.79 Å². The zero-order valence-corrected chi connectivity index (χ0v) is 38.8. The quantitative estimate of drug-likeness (QED) is 0.204. The molecule has 1 aromatic rings. The Hall–Kier alpha value is -3.01. The second-order valence-electron chi connectivity index (χ2n) is 19.8. The average molecular weight is 877 g/mol. The Labute approximate surface area is 374 Å². The molecule has 3 aliphatic heterocycles. The van der Waals surface area contributed by atoms with Crippen LogP contribution in [0.3, 0.4) is 0 Å². The molecule has 0 aromatic heterocycles. The molecular formula is C50H72N2O11. The third-order valence-electron chi connectivity index (χ3n) is 16.1. The van der Waals surface area contributed by atoms with Gasteiger partial charge in [0.1, 0.15) is 24.4 Å². The van der Waals surface area contributed by atoms with Gasteiger partial charge in [-0.05, 0) is 132 Å². The van der Waals surface area contributed by atoms with E-state index in [1.165, 1.54) is 0 Å². The van der Waals surface area contributed by atoms with Crippen molar-refractivity contribution in [3.63, 3.8) is 0 Å². The largest absolute Gasteiger partial charge is 0.462 e. The number of benzene rings is 1. The Morgan fingerprint density at radius 2 is 1.54 bits per heavy atom. The fraction of sp³-hybridized carbons (Fsp3) is 0.740. The summed E-state index contributed by atoms with van der Waals surface area (Å²) < 4.78 is 50.5. The molecule has 2 N–H and O–H groups in total. The van der Waals surface area contributed by atoms with Crippen LogP contribution in [-0.2, 0) is 52.3 Å². The summed E-state index contributed by atoms with van der Waals surface area (Å²) in [6.07, 6.45) is 6.59. The van der Waals surface area contributed by atoms with Crippen LogP contribution < -0.4 is 5.73 Å². The standard InChI is InChI=1S/C50H72N2O11/c1-10-30-15-12-16-40(63-42-18-17-39(52(5)6)26(3)59-42)25(2)45(54)38-23-35-33-20-31(62-50-49(58-9)48(57-8)47(56-7)27(4)60-50)21-34(33)36-22-32(28-13-11-14-29(51)19-28)46(55)44(36)43(35)37(38)24-41(53)61-30/h11,13-14,19,22-23,25-27,30-31,33-37,39-40,42-44,47-50H,10,12,15-18,20-21,24,51H2,1-9H3/t25-,26-,27+,30+,31+,33-,34-,35+,36?,37-,39+,40+,42+,43-,44?,47+,48-,49-,50+/m1/s1. The number of cyclic esters (lactones) is 1. The number of ether oxygens (including phenoxy) is 8. The van der Waals surface area contributed by atoms with Crippen LogP contribution in [0, 0.1) is 47.3 Å². The number of ketones is 2. The van der Waals surface area contributed by atoms with Crippen LogP contribution >= 0.6 is 0 Å². The lowest BCUT2D eigenvalue weighted by molar-refractivity contribution is -0.314. The highest BCUT2D eigenvalue weighted by molar-refractivity contribution is 6.24. The number of anilines is 1. The van der Waals surface area contributed by atoms with Crippen molar-refractivity contribution < 1.29 is 52.3 Å². The molecule has 13 heteroatoms. The van der Waals surface area contributed by atoms with Crippen molar-refractivity contribution in [1.82, 2.24) is 4.90 Å². The second-order valence-corrected chi connectivity index (χ2v) is 19.8. The van der Waals surface area contributed by atoms with E-state index in [-0.39, 0.29) is 84.1 Å². The molecule has 19 atom stereocenters. The molecule has 0 radical (unpaired) electrons. The normalized spacial score (nSPS) is 43.2. The summed E-state index contributed by atoms with van der Waals surface area (Å²) in [5.74, 6) is -2.14. The highest BCUT2D eigenvalue weighted by atomic mass is 16.7. The Morgan fingerprint density at radius 3 is 2.21 bits per heavy atom. The van der Waals surface area contributed by atoms with Gasteiger partial charge in [-0.25, -0.2) is 0 Å². The molecule has 0 amide bonds. The van der Waals surface area contributed by atoms with Crippen LogP contribution in [0.5, 0.6) is 0 Å².